The summed E-state index contributed by atoms with van der Waals surface area (Å²) in [5.74, 6) is -1.24. The number of nitriles is 1. The molecular weight excluding hydrogens is 348 g/mol. The second-order valence-corrected chi connectivity index (χ2v) is 6.49. The molecule has 0 unspecified atom stereocenters. The lowest BCUT2D eigenvalue weighted by Crippen LogP contribution is -2.50. The van der Waals surface area contributed by atoms with E-state index < -0.39 is 30.1 Å². The number of hydrogen-bond donors (Lipinski definition) is 3. The number of rotatable bonds is 7. The van der Waals surface area contributed by atoms with Crippen LogP contribution in [-0.4, -0.2) is 36.6 Å². The molecule has 0 saturated heterocycles. The number of amides is 3. The number of benzene rings is 1. The molecule has 0 spiro atoms. The average molecular weight is 372 g/mol. The maximum absolute atomic E-state index is 11.9. The molecule has 1 fully saturated rings. The van der Waals surface area contributed by atoms with E-state index in [9.17, 15) is 19.6 Å². The fourth-order valence-corrected chi connectivity index (χ4v) is 2.91. The van der Waals surface area contributed by atoms with Crippen LogP contribution in [0, 0.1) is 11.3 Å². The van der Waals surface area contributed by atoms with Crippen molar-refractivity contribution in [2.24, 2.45) is 0 Å². The maximum atomic E-state index is 11.9. The summed E-state index contributed by atoms with van der Waals surface area (Å²) in [5, 5.41) is 17.0. The normalized spacial score (nSPS) is 15.1. The van der Waals surface area contributed by atoms with Gasteiger partial charge >= 0.3 is 12.0 Å². The van der Waals surface area contributed by atoms with Crippen molar-refractivity contribution in [1.29, 1.82) is 5.26 Å². The number of esters is 1. The third-order valence-corrected chi connectivity index (χ3v) is 4.35. The molecular formula is C19H24N4O4. The van der Waals surface area contributed by atoms with Crippen LogP contribution in [0.2, 0.25) is 0 Å². The highest BCUT2D eigenvalue weighted by molar-refractivity contribution is 5.84. The Hall–Kier alpha value is -3.08. The number of nitrogens with one attached hydrogen (secondary N) is 3. The van der Waals surface area contributed by atoms with Gasteiger partial charge in [-0.2, -0.15) is 5.26 Å². The van der Waals surface area contributed by atoms with Crippen LogP contribution >= 0.6 is 0 Å². The molecule has 1 saturated carbocycles. The Kier molecular flexibility index (Phi) is 7.62. The SMILES string of the molecule is N#CC1(NC(=O)COC(=O)CNC(=O)NCc2ccccc2)CCCCC1. The fraction of sp³-hybridized carbons (Fsp3) is 0.474. The van der Waals surface area contributed by atoms with Crippen LogP contribution < -0.4 is 16.0 Å². The summed E-state index contributed by atoms with van der Waals surface area (Å²) in [5.41, 5.74) is 0.0677. The van der Waals surface area contributed by atoms with Crippen molar-refractivity contribution < 1.29 is 19.1 Å². The van der Waals surface area contributed by atoms with Crippen molar-refractivity contribution in [1.82, 2.24) is 16.0 Å². The molecule has 144 valence electrons. The van der Waals surface area contributed by atoms with Crippen LogP contribution in [0.4, 0.5) is 4.79 Å². The first-order valence-corrected chi connectivity index (χ1v) is 8.96. The summed E-state index contributed by atoms with van der Waals surface area (Å²) in [6.07, 6.45) is 4.02. The van der Waals surface area contributed by atoms with Crippen LogP contribution in [0.1, 0.15) is 37.7 Å². The number of hydrogen-bond acceptors (Lipinski definition) is 5. The van der Waals surface area contributed by atoms with Crippen LogP contribution in [0.15, 0.2) is 30.3 Å². The predicted molar refractivity (Wildman–Crippen MR) is 97.2 cm³/mol. The monoisotopic (exact) mass is 372 g/mol. The third kappa shape index (κ3) is 6.98. The molecule has 1 aliphatic carbocycles. The number of nitrogens with zero attached hydrogens (tertiary/aromatic N) is 1. The predicted octanol–water partition coefficient (Wildman–Crippen LogP) is 1.37. The molecule has 1 aliphatic rings. The highest BCUT2D eigenvalue weighted by Crippen LogP contribution is 2.27. The Morgan fingerprint density at radius 3 is 2.44 bits per heavy atom. The zero-order valence-corrected chi connectivity index (χ0v) is 15.1. The van der Waals surface area contributed by atoms with Gasteiger partial charge in [-0.3, -0.25) is 9.59 Å². The van der Waals surface area contributed by atoms with Crippen molar-refractivity contribution in [2.75, 3.05) is 13.2 Å². The molecule has 0 radical (unpaired) electrons. The Labute approximate surface area is 158 Å². The van der Waals surface area contributed by atoms with Gasteiger partial charge < -0.3 is 20.7 Å². The minimum absolute atomic E-state index is 0.334. The number of carbonyl (C=O) groups excluding carboxylic acids is 3. The lowest BCUT2D eigenvalue weighted by molar-refractivity contribution is -0.147. The molecule has 3 N–H and O–H groups in total. The highest BCUT2D eigenvalue weighted by atomic mass is 16.5. The largest absolute Gasteiger partial charge is 0.454 e. The molecule has 0 aliphatic heterocycles. The van der Waals surface area contributed by atoms with E-state index in [1.54, 1.807) is 0 Å². The first-order chi connectivity index (χ1) is 13.0. The average Bonchev–Trinajstić information content (AvgIpc) is 2.70. The first kappa shape index (κ1) is 20.2. The number of ether oxygens (including phenoxy) is 1. The second-order valence-electron chi connectivity index (χ2n) is 6.49. The van der Waals surface area contributed by atoms with Crippen LogP contribution in [0.3, 0.4) is 0 Å². The van der Waals surface area contributed by atoms with Gasteiger partial charge in [-0.15, -0.1) is 0 Å². The van der Waals surface area contributed by atoms with Gasteiger partial charge in [0.1, 0.15) is 12.1 Å². The zero-order valence-electron chi connectivity index (χ0n) is 15.1. The van der Waals surface area contributed by atoms with Crippen molar-refractivity contribution in [3.05, 3.63) is 35.9 Å². The van der Waals surface area contributed by atoms with Gasteiger partial charge in [-0.1, -0.05) is 49.6 Å². The Bertz CT molecular complexity index is 693. The number of urea groups is 1. The molecule has 3 amide bonds. The fourth-order valence-electron chi connectivity index (χ4n) is 2.91. The summed E-state index contributed by atoms with van der Waals surface area (Å²) >= 11 is 0. The molecule has 0 atom stereocenters. The summed E-state index contributed by atoms with van der Waals surface area (Å²) in [6, 6.07) is 11.0. The molecule has 8 heteroatoms. The summed E-state index contributed by atoms with van der Waals surface area (Å²) in [6.45, 7) is -0.493. The summed E-state index contributed by atoms with van der Waals surface area (Å²) in [7, 11) is 0. The maximum Gasteiger partial charge on any atom is 0.325 e. The van der Waals surface area contributed by atoms with Crippen molar-refractivity contribution >= 4 is 17.9 Å². The quantitative estimate of drug-likeness (QED) is 0.624. The lowest BCUT2D eigenvalue weighted by atomic mass is 9.83. The molecule has 8 nitrogen and oxygen atoms in total. The minimum Gasteiger partial charge on any atom is -0.454 e. The summed E-state index contributed by atoms with van der Waals surface area (Å²) in [4.78, 5) is 35.3. The smallest absolute Gasteiger partial charge is 0.325 e. The van der Waals surface area contributed by atoms with E-state index >= 15 is 0 Å². The van der Waals surface area contributed by atoms with Crippen molar-refractivity contribution in [2.45, 2.75) is 44.2 Å². The second kappa shape index (κ2) is 10.2. The van der Waals surface area contributed by atoms with Crippen molar-refractivity contribution in [3.63, 3.8) is 0 Å². The van der Waals surface area contributed by atoms with Crippen LogP contribution in [0.5, 0.6) is 0 Å². The van der Waals surface area contributed by atoms with E-state index in [4.69, 9.17) is 4.74 Å². The van der Waals surface area contributed by atoms with E-state index in [-0.39, 0.29) is 6.54 Å². The molecule has 0 heterocycles. The van der Waals surface area contributed by atoms with E-state index in [0.717, 1.165) is 24.8 Å². The molecule has 0 bridgehead atoms. The molecule has 1 aromatic rings. The van der Waals surface area contributed by atoms with Crippen LogP contribution in [-0.2, 0) is 20.9 Å². The number of carbonyl (C=O) groups is 3. The van der Waals surface area contributed by atoms with Gasteiger partial charge in [0.05, 0.1) is 6.07 Å². The third-order valence-electron chi connectivity index (χ3n) is 4.35. The van der Waals surface area contributed by atoms with Gasteiger partial charge in [0.25, 0.3) is 5.91 Å². The Balaban J connectivity index is 1.63. The van der Waals surface area contributed by atoms with Crippen LogP contribution in [0.25, 0.3) is 0 Å². The van der Waals surface area contributed by atoms with Gasteiger partial charge in [0.2, 0.25) is 0 Å². The summed E-state index contributed by atoms with van der Waals surface area (Å²) < 4.78 is 4.85. The van der Waals surface area contributed by atoms with Crippen molar-refractivity contribution in [3.8, 4) is 6.07 Å². The zero-order chi connectivity index (χ0) is 19.5. The molecule has 2 rings (SSSR count). The standard InChI is InChI=1S/C19H24N4O4/c20-14-19(9-5-2-6-10-19)23-16(24)13-27-17(25)12-22-18(26)21-11-15-7-3-1-4-8-15/h1,3-4,7-8H,2,5-6,9-13H2,(H,23,24)(H2,21,22,26). The van der Waals surface area contributed by atoms with E-state index in [0.29, 0.717) is 19.4 Å². The van der Waals surface area contributed by atoms with Gasteiger partial charge in [-0.25, -0.2) is 4.79 Å². The Morgan fingerprint density at radius 1 is 1.07 bits per heavy atom. The molecule has 27 heavy (non-hydrogen) atoms. The molecule has 0 aromatic heterocycles. The topological polar surface area (TPSA) is 120 Å². The molecule has 1 aromatic carbocycles. The Morgan fingerprint density at radius 2 is 1.78 bits per heavy atom. The van der Waals surface area contributed by atoms with E-state index in [2.05, 4.69) is 22.0 Å². The first-order valence-electron chi connectivity index (χ1n) is 8.96. The minimum atomic E-state index is -0.864. The van der Waals surface area contributed by atoms with E-state index in [1.807, 2.05) is 30.3 Å². The lowest BCUT2D eigenvalue weighted by Gasteiger charge is -2.31. The van der Waals surface area contributed by atoms with Gasteiger partial charge in [0, 0.05) is 6.54 Å². The van der Waals surface area contributed by atoms with E-state index in [1.165, 1.54) is 0 Å². The van der Waals surface area contributed by atoms with Gasteiger partial charge in [0.15, 0.2) is 6.61 Å². The highest BCUT2D eigenvalue weighted by Gasteiger charge is 2.33. The van der Waals surface area contributed by atoms with Gasteiger partial charge in [-0.05, 0) is 18.4 Å².